The van der Waals surface area contributed by atoms with Gasteiger partial charge in [0.1, 0.15) is 11.5 Å². The quantitative estimate of drug-likeness (QED) is 0.731. The van der Waals surface area contributed by atoms with E-state index in [1.165, 1.54) is 0 Å². The molecule has 2 fully saturated rings. The van der Waals surface area contributed by atoms with E-state index in [0.29, 0.717) is 12.8 Å². The number of amides is 2. The summed E-state index contributed by atoms with van der Waals surface area (Å²) in [6.07, 6.45) is 3.74. The van der Waals surface area contributed by atoms with Crippen molar-refractivity contribution in [1.82, 2.24) is 4.90 Å². The topological polar surface area (TPSA) is 59.1 Å². The van der Waals surface area contributed by atoms with E-state index in [-0.39, 0.29) is 17.9 Å². The molecule has 1 atom stereocenters. The van der Waals surface area contributed by atoms with E-state index < -0.39 is 0 Å². The van der Waals surface area contributed by atoms with Gasteiger partial charge >= 0.3 is 0 Å². The lowest BCUT2D eigenvalue weighted by atomic mass is 10.0. The fourth-order valence-corrected chi connectivity index (χ4v) is 4.48. The van der Waals surface area contributed by atoms with Crippen molar-refractivity contribution < 1.29 is 19.1 Å². The Bertz CT molecular complexity index is 925. The molecule has 0 spiro atoms. The summed E-state index contributed by atoms with van der Waals surface area (Å²) in [7, 11) is 3.29. The zero-order valence-corrected chi connectivity index (χ0v) is 17.6. The van der Waals surface area contributed by atoms with Gasteiger partial charge in [-0.3, -0.25) is 9.59 Å². The summed E-state index contributed by atoms with van der Waals surface area (Å²) in [4.78, 5) is 28.8. The van der Waals surface area contributed by atoms with Crippen LogP contribution in [0.3, 0.4) is 0 Å². The summed E-state index contributed by atoms with van der Waals surface area (Å²) in [6.45, 7) is 1.51. The van der Waals surface area contributed by atoms with Crippen LogP contribution >= 0.6 is 0 Å². The van der Waals surface area contributed by atoms with Gasteiger partial charge in [0.2, 0.25) is 11.8 Å². The van der Waals surface area contributed by atoms with Crippen molar-refractivity contribution in [3.63, 3.8) is 0 Å². The lowest BCUT2D eigenvalue weighted by Crippen LogP contribution is -2.32. The third kappa shape index (κ3) is 3.99. The molecule has 2 aliphatic rings. The molecule has 0 radical (unpaired) electrons. The van der Waals surface area contributed by atoms with Gasteiger partial charge in [-0.05, 0) is 55.2 Å². The van der Waals surface area contributed by atoms with Crippen molar-refractivity contribution in [3.05, 3.63) is 53.6 Å². The average molecular weight is 408 g/mol. The molecule has 2 aromatic rings. The second-order valence-electron chi connectivity index (χ2n) is 7.85. The molecule has 6 heteroatoms. The first-order valence-electron chi connectivity index (χ1n) is 10.5. The number of hydrogen-bond acceptors (Lipinski definition) is 4. The number of benzene rings is 2. The highest BCUT2D eigenvalue weighted by Gasteiger charge is 2.32. The van der Waals surface area contributed by atoms with Crippen LogP contribution in [0.15, 0.2) is 42.5 Å². The Hall–Kier alpha value is -3.02. The number of carbonyl (C=O) groups is 2. The van der Waals surface area contributed by atoms with E-state index in [0.717, 1.165) is 60.7 Å². The number of rotatable bonds is 6. The van der Waals surface area contributed by atoms with Gasteiger partial charge in [-0.25, -0.2) is 0 Å². The largest absolute Gasteiger partial charge is 0.497 e. The van der Waals surface area contributed by atoms with Crippen LogP contribution in [0.2, 0.25) is 0 Å². The number of ether oxygens (including phenoxy) is 2. The van der Waals surface area contributed by atoms with Crippen molar-refractivity contribution in [2.75, 3.05) is 32.2 Å². The van der Waals surface area contributed by atoms with Gasteiger partial charge in [0.05, 0.1) is 26.7 Å². The zero-order valence-electron chi connectivity index (χ0n) is 17.6. The van der Waals surface area contributed by atoms with Gasteiger partial charge in [0.25, 0.3) is 0 Å². The third-order valence-electron chi connectivity index (χ3n) is 6.05. The van der Waals surface area contributed by atoms with Crippen LogP contribution in [0.5, 0.6) is 11.5 Å². The molecule has 2 amide bonds. The molecule has 6 nitrogen and oxygen atoms in total. The normalized spacial score (nSPS) is 18.7. The summed E-state index contributed by atoms with van der Waals surface area (Å²) in [6, 6.07) is 13.5. The fraction of sp³-hybridized carbons (Fsp3) is 0.417. The zero-order chi connectivity index (χ0) is 21.1. The van der Waals surface area contributed by atoms with Crippen molar-refractivity contribution >= 4 is 17.5 Å². The highest BCUT2D eigenvalue weighted by atomic mass is 16.5. The van der Waals surface area contributed by atoms with Crippen LogP contribution in [0, 0.1) is 0 Å². The van der Waals surface area contributed by atoms with Crippen molar-refractivity contribution in [3.8, 4) is 11.5 Å². The van der Waals surface area contributed by atoms with Gasteiger partial charge in [-0.2, -0.15) is 0 Å². The van der Waals surface area contributed by atoms with Gasteiger partial charge < -0.3 is 19.3 Å². The second kappa shape index (κ2) is 8.78. The Morgan fingerprint density at radius 2 is 1.83 bits per heavy atom. The molecular formula is C24H28N2O4. The molecule has 2 aliphatic heterocycles. The molecule has 0 aromatic heterocycles. The van der Waals surface area contributed by atoms with E-state index in [1.807, 2.05) is 52.3 Å². The third-order valence-corrected chi connectivity index (χ3v) is 6.05. The maximum atomic E-state index is 13.1. The van der Waals surface area contributed by atoms with Crippen molar-refractivity contribution in [2.24, 2.45) is 0 Å². The van der Waals surface area contributed by atoms with Crippen LogP contribution in [-0.2, 0) is 16.0 Å². The smallest absolute Gasteiger partial charge is 0.227 e. The Morgan fingerprint density at radius 3 is 2.50 bits per heavy atom. The minimum atomic E-state index is -0.0101. The standard InChI is InChI=1S/C24H28N2O4/c1-29-19-11-12-22(30-2)20(16-19)21-5-3-14-26(21)24(28)15-17-7-9-18(10-8-17)25-13-4-6-23(25)27/h7-12,16,21H,3-6,13-15H2,1-2H3/t21-/m1/s1. The van der Waals surface area contributed by atoms with E-state index in [4.69, 9.17) is 9.47 Å². The maximum absolute atomic E-state index is 13.1. The first kappa shape index (κ1) is 20.3. The molecule has 0 unspecified atom stereocenters. The summed E-state index contributed by atoms with van der Waals surface area (Å²) in [5.74, 6) is 1.82. The summed E-state index contributed by atoms with van der Waals surface area (Å²) >= 11 is 0. The molecule has 158 valence electrons. The predicted octanol–water partition coefficient (Wildman–Crippen LogP) is 3.74. The number of hydrogen-bond donors (Lipinski definition) is 0. The molecule has 2 aromatic carbocycles. The maximum Gasteiger partial charge on any atom is 0.227 e. The molecule has 0 bridgehead atoms. The molecular weight excluding hydrogens is 380 g/mol. The summed E-state index contributed by atoms with van der Waals surface area (Å²) in [5, 5.41) is 0. The number of methoxy groups -OCH3 is 2. The summed E-state index contributed by atoms with van der Waals surface area (Å²) in [5.41, 5.74) is 2.86. The average Bonchev–Trinajstić information content (AvgIpc) is 3.43. The van der Waals surface area contributed by atoms with Crippen LogP contribution in [-0.4, -0.2) is 44.0 Å². The number of nitrogens with zero attached hydrogens (tertiary/aromatic N) is 2. The molecule has 4 rings (SSSR count). The van der Waals surface area contributed by atoms with Gasteiger partial charge in [-0.15, -0.1) is 0 Å². The lowest BCUT2D eigenvalue weighted by Gasteiger charge is -2.27. The van der Waals surface area contributed by atoms with Crippen LogP contribution in [0.1, 0.15) is 42.9 Å². The van der Waals surface area contributed by atoms with E-state index in [1.54, 1.807) is 14.2 Å². The Kier molecular flexibility index (Phi) is 5.93. The number of likely N-dealkylation sites (tertiary alicyclic amines) is 1. The SMILES string of the molecule is COc1ccc(OC)c([C@H]2CCCN2C(=O)Cc2ccc(N3CCCC3=O)cc2)c1. The first-order chi connectivity index (χ1) is 14.6. The molecule has 30 heavy (non-hydrogen) atoms. The monoisotopic (exact) mass is 408 g/mol. The molecule has 2 saturated heterocycles. The number of anilines is 1. The minimum Gasteiger partial charge on any atom is -0.497 e. The second-order valence-corrected chi connectivity index (χ2v) is 7.85. The fourth-order valence-electron chi connectivity index (χ4n) is 4.48. The minimum absolute atomic E-state index is 0.0101. The highest BCUT2D eigenvalue weighted by Crippen LogP contribution is 2.39. The summed E-state index contributed by atoms with van der Waals surface area (Å²) < 4.78 is 10.9. The molecule has 0 aliphatic carbocycles. The predicted molar refractivity (Wildman–Crippen MR) is 115 cm³/mol. The van der Waals surface area contributed by atoms with E-state index >= 15 is 0 Å². The molecule has 0 N–H and O–H groups in total. The van der Waals surface area contributed by atoms with Crippen molar-refractivity contribution in [2.45, 2.75) is 38.1 Å². The molecule has 2 heterocycles. The Morgan fingerprint density at radius 1 is 1.03 bits per heavy atom. The van der Waals surface area contributed by atoms with Crippen LogP contribution in [0.4, 0.5) is 5.69 Å². The van der Waals surface area contributed by atoms with Crippen LogP contribution in [0.25, 0.3) is 0 Å². The van der Waals surface area contributed by atoms with Crippen LogP contribution < -0.4 is 14.4 Å². The first-order valence-corrected chi connectivity index (χ1v) is 10.5. The Labute approximate surface area is 177 Å². The van der Waals surface area contributed by atoms with Gasteiger partial charge in [0, 0.05) is 30.8 Å². The van der Waals surface area contributed by atoms with Gasteiger partial charge in [-0.1, -0.05) is 12.1 Å². The lowest BCUT2D eigenvalue weighted by molar-refractivity contribution is -0.131. The van der Waals surface area contributed by atoms with E-state index in [9.17, 15) is 9.59 Å². The highest BCUT2D eigenvalue weighted by molar-refractivity contribution is 5.95. The van der Waals surface area contributed by atoms with Crippen molar-refractivity contribution in [1.29, 1.82) is 0 Å². The number of carbonyl (C=O) groups excluding carboxylic acids is 2. The van der Waals surface area contributed by atoms with E-state index in [2.05, 4.69) is 0 Å². The molecule has 0 saturated carbocycles. The van der Waals surface area contributed by atoms with Gasteiger partial charge in [0.15, 0.2) is 0 Å². The Balaban J connectivity index is 1.48.